The predicted octanol–water partition coefficient (Wildman–Crippen LogP) is 3.71. The number of para-hydroxylation sites is 1. The van der Waals surface area contributed by atoms with Gasteiger partial charge in [0.25, 0.3) is 5.91 Å². The Morgan fingerprint density at radius 2 is 1.67 bits per heavy atom. The average molecular weight is 435 g/mol. The molecular formula is C20H23BrN2O4. The van der Waals surface area contributed by atoms with Crippen LogP contribution in [0.15, 0.2) is 53.0 Å². The molecule has 2 amide bonds. The van der Waals surface area contributed by atoms with Crippen LogP contribution in [0, 0.1) is 0 Å². The number of carbonyl (C=O) groups excluding carboxylic acids is 2. The maximum atomic E-state index is 12.2. The van der Waals surface area contributed by atoms with Crippen molar-refractivity contribution in [1.29, 1.82) is 0 Å². The SMILES string of the molecule is CCCOc1ccc(OCC(=O)N(C)CC(=O)Nc2ccccc2Br)cc1. The van der Waals surface area contributed by atoms with Gasteiger partial charge in [0.1, 0.15) is 11.5 Å². The number of carbonyl (C=O) groups is 2. The summed E-state index contributed by atoms with van der Waals surface area (Å²) in [6.45, 7) is 2.49. The summed E-state index contributed by atoms with van der Waals surface area (Å²) in [5.41, 5.74) is 0.657. The van der Waals surface area contributed by atoms with Crippen LogP contribution in [-0.4, -0.2) is 43.5 Å². The number of amides is 2. The Morgan fingerprint density at radius 1 is 1.04 bits per heavy atom. The molecule has 0 saturated heterocycles. The summed E-state index contributed by atoms with van der Waals surface area (Å²) in [7, 11) is 1.56. The fraction of sp³-hybridized carbons (Fsp3) is 0.300. The van der Waals surface area contributed by atoms with E-state index in [1.807, 2.05) is 25.1 Å². The van der Waals surface area contributed by atoms with Crippen molar-refractivity contribution in [1.82, 2.24) is 4.90 Å². The number of halogens is 1. The number of likely N-dealkylation sites (N-methyl/N-ethyl adjacent to an activating group) is 1. The van der Waals surface area contributed by atoms with Gasteiger partial charge in [-0.2, -0.15) is 0 Å². The van der Waals surface area contributed by atoms with Gasteiger partial charge in [-0.3, -0.25) is 9.59 Å². The van der Waals surface area contributed by atoms with Crippen LogP contribution in [0.25, 0.3) is 0 Å². The van der Waals surface area contributed by atoms with Crippen LogP contribution in [0.4, 0.5) is 5.69 Å². The van der Waals surface area contributed by atoms with Gasteiger partial charge in [0, 0.05) is 11.5 Å². The van der Waals surface area contributed by atoms with Crippen molar-refractivity contribution in [2.75, 3.05) is 32.1 Å². The first-order valence-electron chi connectivity index (χ1n) is 8.63. The zero-order chi connectivity index (χ0) is 19.6. The molecule has 0 saturated carbocycles. The van der Waals surface area contributed by atoms with E-state index in [0.29, 0.717) is 18.0 Å². The lowest BCUT2D eigenvalue weighted by Gasteiger charge is -2.17. The van der Waals surface area contributed by atoms with E-state index in [9.17, 15) is 9.59 Å². The third kappa shape index (κ3) is 6.94. The number of hydrogen-bond acceptors (Lipinski definition) is 4. The first-order chi connectivity index (χ1) is 13.0. The van der Waals surface area contributed by atoms with Crippen LogP contribution >= 0.6 is 15.9 Å². The minimum Gasteiger partial charge on any atom is -0.494 e. The molecule has 2 aromatic rings. The van der Waals surface area contributed by atoms with Crippen molar-refractivity contribution in [3.63, 3.8) is 0 Å². The molecular weight excluding hydrogens is 412 g/mol. The highest BCUT2D eigenvalue weighted by Crippen LogP contribution is 2.21. The van der Waals surface area contributed by atoms with E-state index in [0.717, 1.165) is 16.6 Å². The molecule has 0 aliphatic rings. The maximum absolute atomic E-state index is 12.2. The maximum Gasteiger partial charge on any atom is 0.260 e. The van der Waals surface area contributed by atoms with E-state index in [-0.39, 0.29) is 25.0 Å². The van der Waals surface area contributed by atoms with Gasteiger partial charge in [0.15, 0.2) is 6.61 Å². The highest BCUT2D eigenvalue weighted by molar-refractivity contribution is 9.10. The lowest BCUT2D eigenvalue weighted by Crippen LogP contribution is -2.37. The molecule has 0 atom stereocenters. The van der Waals surface area contributed by atoms with Crippen molar-refractivity contribution < 1.29 is 19.1 Å². The normalized spacial score (nSPS) is 10.2. The molecule has 0 radical (unpaired) electrons. The summed E-state index contributed by atoms with van der Waals surface area (Å²) in [6, 6.07) is 14.4. The van der Waals surface area contributed by atoms with Crippen LogP contribution in [0.5, 0.6) is 11.5 Å². The zero-order valence-electron chi connectivity index (χ0n) is 15.4. The lowest BCUT2D eigenvalue weighted by molar-refractivity contribution is -0.135. The van der Waals surface area contributed by atoms with Gasteiger partial charge >= 0.3 is 0 Å². The minimum atomic E-state index is -0.288. The molecule has 0 aromatic heterocycles. The summed E-state index contributed by atoms with van der Waals surface area (Å²) in [6.07, 6.45) is 0.938. The monoisotopic (exact) mass is 434 g/mol. The third-order valence-electron chi connectivity index (χ3n) is 3.61. The lowest BCUT2D eigenvalue weighted by atomic mass is 10.3. The predicted molar refractivity (Wildman–Crippen MR) is 108 cm³/mol. The topological polar surface area (TPSA) is 67.9 Å². The quantitative estimate of drug-likeness (QED) is 0.652. The summed E-state index contributed by atoms with van der Waals surface area (Å²) in [5.74, 6) is 0.758. The summed E-state index contributed by atoms with van der Waals surface area (Å²) >= 11 is 3.37. The highest BCUT2D eigenvalue weighted by atomic mass is 79.9. The van der Waals surface area contributed by atoms with Crippen molar-refractivity contribution in [2.45, 2.75) is 13.3 Å². The number of ether oxygens (including phenoxy) is 2. The Kier molecular flexibility index (Phi) is 8.13. The molecule has 2 rings (SSSR count). The van der Waals surface area contributed by atoms with Crippen LogP contribution in [0.3, 0.4) is 0 Å². The molecule has 0 unspecified atom stereocenters. The number of nitrogens with one attached hydrogen (secondary N) is 1. The first-order valence-corrected chi connectivity index (χ1v) is 9.43. The molecule has 0 aliphatic heterocycles. The van der Waals surface area contributed by atoms with Crippen molar-refractivity contribution >= 4 is 33.4 Å². The molecule has 0 bridgehead atoms. The molecule has 2 aromatic carbocycles. The van der Waals surface area contributed by atoms with Gasteiger partial charge in [-0.1, -0.05) is 19.1 Å². The second-order valence-electron chi connectivity index (χ2n) is 5.89. The number of hydrogen-bond donors (Lipinski definition) is 1. The zero-order valence-corrected chi connectivity index (χ0v) is 17.0. The van der Waals surface area contributed by atoms with E-state index in [1.54, 1.807) is 37.4 Å². The Balaban J connectivity index is 1.78. The minimum absolute atomic E-state index is 0.0622. The number of anilines is 1. The van der Waals surface area contributed by atoms with E-state index in [2.05, 4.69) is 21.2 Å². The highest BCUT2D eigenvalue weighted by Gasteiger charge is 2.14. The van der Waals surface area contributed by atoms with Crippen LogP contribution < -0.4 is 14.8 Å². The Bertz CT molecular complexity index is 765. The Hall–Kier alpha value is -2.54. The molecule has 1 N–H and O–H groups in total. The second-order valence-corrected chi connectivity index (χ2v) is 6.74. The number of benzene rings is 2. The van der Waals surface area contributed by atoms with Crippen molar-refractivity contribution in [3.05, 3.63) is 53.0 Å². The van der Waals surface area contributed by atoms with Gasteiger partial charge in [-0.05, 0) is 58.7 Å². The molecule has 0 aliphatic carbocycles. The van der Waals surface area contributed by atoms with E-state index in [1.165, 1.54) is 4.90 Å². The van der Waals surface area contributed by atoms with Gasteiger partial charge in [0.2, 0.25) is 5.91 Å². The summed E-state index contributed by atoms with van der Waals surface area (Å²) in [5, 5.41) is 2.76. The molecule has 0 heterocycles. The molecule has 144 valence electrons. The van der Waals surface area contributed by atoms with Gasteiger partial charge in [-0.15, -0.1) is 0 Å². The first kappa shape index (κ1) is 20.8. The summed E-state index contributed by atoms with van der Waals surface area (Å²) < 4.78 is 11.8. The smallest absolute Gasteiger partial charge is 0.260 e. The fourth-order valence-electron chi connectivity index (χ4n) is 2.16. The fourth-order valence-corrected chi connectivity index (χ4v) is 2.55. The average Bonchev–Trinajstić information content (AvgIpc) is 2.67. The molecule has 0 fully saturated rings. The van der Waals surface area contributed by atoms with Crippen molar-refractivity contribution in [2.24, 2.45) is 0 Å². The van der Waals surface area contributed by atoms with Crippen LogP contribution in [0.1, 0.15) is 13.3 Å². The second kappa shape index (κ2) is 10.6. The van der Waals surface area contributed by atoms with E-state index in [4.69, 9.17) is 9.47 Å². The third-order valence-corrected chi connectivity index (χ3v) is 4.30. The molecule has 6 nitrogen and oxygen atoms in total. The van der Waals surface area contributed by atoms with Gasteiger partial charge in [0.05, 0.1) is 18.8 Å². The number of nitrogens with zero attached hydrogens (tertiary/aromatic N) is 1. The van der Waals surface area contributed by atoms with Gasteiger partial charge in [-0.25, -0.2) is 0 Å². The summed E-state index contributed by atoms with van der Waals surface area (Å²) in [4.78, 5) is 25.6. The van der Waals surface area contributed by atoms with Crippen molar-refractivity contribution in [3.8, 4) is 11.5 Å². The van der Waals surface area contributed by atoms with E-state index >= 15 is 0 Å². The Labute approximate surface area is 167 Å². The molecule has 0 spiro atoms. The van der Waals surface area contributed by atoms with Gasteiger partial charge < -0.3 is 19.7 Å². The Morgan fingerprint density at radius 3 is 2.30 bits per heavy atom. The standard InChI is InChI=1S/C20H23BrN2O4/c1-3-12-26-15-8-10-16(11-9-15)27-14-20(25)23(2)13-19(24)22-18-7-5-4-6-17(18)21/h4-11H,3,12-14H2,1-2H3,(H,22,24). The van der Waals surface area contributed by atoms with E-state index < -0.39 is 0 Å². The van der Waals surface area contributed by atoms with Crippen LogP contribution in [0.2, 0.25) is 0 Å². The molecule has 27 heavy (non-hydrogen) atoms. The van der Waals surface area contributed by atoms with Crippen LogP contribution in [-0.2, 0) is 9.59 Å². The molecule has 7 heteroatoms. The number of rotatable bonds is 9. The largest absolute Gasteiger partial charge is 0.494 e.